The lowest BCUT2D eigenvalue weighted by Gasteiger charge is -2.34. The zero-order valence-corrected chi connectivity index (χ0v) is 10.2. The zero-order valence-electron chi connectivity index (χ0n) is 10.2. The molecule has 1 rings (SSSR count). The molecule has 0 saturated carbocycles. The number of nitrogens with zero attached hydrogens (tertiary/aromatic N) is 1. The van der Waals surface area contributed by atoms with Crippen LogP contribution in [0.3, 0.4) is 0 Å². The quantitative estimate of drug-likeness (QED) is 0.706. The van der Waals surface area contributed by atoms with Crippen molar-refractivity contribution in [1.29, 1.82) is 0 Å². The molecule has 0 bridgehead atoms. The monoisotopic (exact) mass is 211 g/mol. The van der Waals surface area contributed by atoms with E-state index in [1.807, 2.05) is 0 Å². The first-order valence-electron chi connectivity index (χ1n) is 6.15. The molecule has 1 aliphatic heterocycles. The normalized spacial score (nSPS) is 19.7. The average molecular weight is 211 g/mol. The van der Waals surface area contributed by atoms with E-state index in [2.05, 4.69) is 25.3 Å². The molecule has 0 radical (unpaired) electrons. The number of aliphatic hydroxyl groups excluding tert-OH is 1. The van der Waals surface area contributed by atoms with Crippen LogP contribution in [0.5, 0.6) is 0 Å². The molecule has 1 heterocycles. The Hall–Kier alpha value is -0.340. The van der Waals surface area contributed by atoms with Crippen LogP contribution >= 0.6 is 0 Å². The first-order chi connectivity index (χ1) is 7.13. The second-order valence-corrected chi connectivity index (χ2v) is 5.00. The minimum absolute atomic E-state index is 0.254. The van der Waals surface area contributed by atoms with Gasteiger partial charge in [-0.3, -0.25) is 0 Å². The lowest BCUT2D eigenvalue weighted by atomic mass is 9.89. The van der Waals surface area contributed by atoms with Gasteiger partial charge >= 0.3 is 0 Å². The lowest BCUT2D eigenvalue weighted by Crippen LogP contribution is -2.38. The molecular formula is C13H25NO. The number of rotatable bonds is 5. The molecule has 0 amide bonds. The molecule has 0 aromatic heterocycles. The first kappa shape index (κ1) is 12.7. The molecule has 1 aliphatic rings. The number of piperidine rings is 1. The van der Waals surface area contributed by atoms with Crippen molar-refractivity contribution < 1.29 is 5.11 Å². The molecule has 1 fully saturated rings. The van der Waals surface area contributed by atoms with E-state index in [1.165, 1.54) is 31.5 Å². The molecule has 1 saturated heterocycles. The zero-order chi connectivity index (χ0) is 11.3. The minimum atomic E-state index is 0.254. The summed E-state index contributed by atoms with van der Waals surface area (Å²) >= 11 is 0. The highest BCUT2D eigenvalue weighted by Crippen LogP contribution is 2.25. The molecular weight excluding hydrogens is 186 g/mol. The number of likely N-dealkylation sites (tertiary alicyclic amines) is 1. The maximum Gasteiger partial charge on any atom is 0.0468 e. The van der Waals surface area contributed by atoms with Crippen molar-refractivity contribution in [3.63, 3.8) is 0 Å². The second-order valence-electron chi connectivity index (χ2n) is 5.00. The van der Waals surface area contributed by atoms with E-state index in [4.69, 9.17) is 5.11 Å². The number of aliphatic hydroxyl groups is 1. The highest BCUT2D eigenvalue weighted by atomic mass is 16.2. The summed E-state index contributed by atoms with van der Waals surface area (Å²) in [4.78, 5) is 2.55. The highest BCUT2D eigenvalue weighted by molar-refractivity contribution is 4.96. The molecule has 0 unspecified atom stereocenters. The topological polar surface area (TPSA) is 23.5 Å². The Morgan fingerprint density at radius 2 is 2.00 bits per heavy atom. The van der Waals surface area contributed by atoms with Gasteiger partial charge in [0.05, 0.1) is 0 Å². The van der Waals surface area contributed by atoms with Gasteiger partial charge in [0, 0.05) is 12.6 Å². The van der Waals surface area contributed by atoms with Crippen molar-refractivity contribution >= 4 is 0 Å². The second kappa shape index (κ2) is 6.29. The van der Waals surface area contributed by atoms with Crippen LogP contribution in [0.1, 0.15) is 39.5 Å². The van der Waals surface area contributed by atoms with Crippen molar-refractivity contribution in [2.24, 2.45) is 5.92 Å². The summed E-state index contributed by atoms with van der Waals surface area (Å²) in [5, 5.41) is 8.81. The fourth-order valence-corrected chi connectivity index (χ4v) is 2.34. The fourth-order valence-electron chi connectivity index (χ4n) is 2.34. The van der Waals surface area contributed by atoms with E-state index in [0.717, 1.165) is 18.8 Å². The Morgan fingerprint density at radius 1 is 1.40 bits per heavy atom. The van der Waals surface area contributed by atoms with Crippen molar-refractivity contribution in [2.45, 2.75) is 45.6 Å². The van der Waals surface area contributed by atoms with E-state index in [1.54, 1.807) is 0 Å². The van der Waals surface area contributed by atoms with E-state index in [-0.39, 0.29) is 6.61 Å². The molecule has 0 aromatic carbocycles. The first-order valence-corrected chi connectivity index (χ1v) is 6.15. The predicted molar refractivity (Wildman–Crippen MR) is 64.9 cm³/mol. The third-order valence-corrected chi connectivity index (χ3v) is 3.42. The molecule has 1 N–H and O–H groups in total. The minimum Gasteiger partial charge on any atom is -0.396 e. The van der Waals surface area contributed by atoms with Gasteiger partial charge in [0.15, 0.2) is 0 Å². The Morgan fingerprint density at radius 3 is 2.47 bits per heavy atom. The van der Waals surface area contributed by atoms with Gasteiger partial charge in [0.2, 0.25) is 0 Å². The predicted octanol–water partition coefficient (Wildman–Crippen LogP) is 2.44. The molecule has 0 aromatic rings. The molecule has 0 aliphatic carbocycles. The van der Waals surface area contributed by atoms with Crippen LogP contribution in [0.4, 0.5) is 0 Å². The van der Waals surface area contributed by atoms with Gasteiger partial charge in [0.1, 0.15) is 0 Å². The van der Waals surface area contributed by atoms with Crippen LogP contribution in [-0.2, 0) is 0 Å². The fraction of sp³-hybridized carbons (Fsp3) is 0.846. The van der Waals surface area contributed by atoms with Gasteiger partial charge in [0.25, 0.3) is 0 Å². The third-order valence-electron chi connectivity index (χ3n) is 3.42. The molecule has 15 heavy (non-hydrogen) atoms. The summed E-state index contributed by atoms with van der Waals surface area (Å²) in [6, 6.07) is 0.687. The summed E-state index contributed by atoms with van der Waals surface area (Å²) in [7, 11) is 0. The Bertz CT molecular complexity index is 193. The number of hydrogen-bond acceptors (Lipinski definition) is 2. The Kier molecular flexibility index (Phi) is 5.34. The lowest BCUT2D eigenvalue weighted by molar-refractivity contribution is 0.148. The SMILES string of the molecule is C=C(CCO)CC1CCN(C(C)C)CC1. The van der Waals surface area contributed by atoms with Crippen molar-refractivity contribution in [2.75, 3.05) is 19.7 Å². The van der Waals surface area contributed by atoms with Gasteiger partial charge < -0.3 is 10.0 Å². The summed E-state index contributed by atoms with van der Waals surface area (Å²) < 4.78 is 0. The Balaban J connectivity index is 2.22. The van der Waals surface area contributed by atoms with Crippen molar-refractivity contribution in [3.8, 4) is 0 Å². The van der Waals surface area contributed by atoms with Crippen molar-refractivity contribution in [1.82, 2.24) is 4.90 Å². The van der Waals surface area contributed by atoms with Crippen LogP contribution in [0, 0.1) is 5.92 Å². The molecule has 2 heteroatoms. The molecule has 88 valence electrons. The van der Waals surface area contributed by atoms with Crippen LogP contribution < -0.4 is 0 Å². The summed E-state index contributed by atoms with van der Waals surface area (Å²) in [6.45, 7) is 11.3. The third kappa shape index (κ3) is 4.35. The Labute approximate surface area is 94.0 Å². The smallest absolute Gasteiger partial charge is 0.0468 e. The standard InChI is InChI=1S/C13H25NO/c1-11(2)14-7-4-13(5-8-14)10-12(3)6-9-15/h11,13,15H,3-10H2,1-2H3. The van der Waals surface area contributed by atoms with Gasteiger partial charge in [-0.05, 0) is 58.5 Å². The largest absolute Gasteiger partial charge is 0.396 e. The number of hydrogen-bond donors (Lipinski definition) is 1. The summed E-state index contributed by atoms with van der Waals surface area (Å²) in [5.74, 6) is 0.805. The van der Waals surface area contributed by atoms with Crippen molar-refractivity contribution in [3.05, 3.63) is 12.2 Å². The van der Waals surface area contributed by atoms with E-state index < -0.39 is 0 Å². The van der Waals surface area contributed by atoms with Crippen LogP contribution in [-0.4, -0.2) is 35.7 Å². The molecule has 2 nitrogen and oxygen atoms in total. The summed E-state index contributed by atoms with van der Waals surface area (Å²) in [5.41, 5.74) is 1.22. The highest BCUT2D eigenvalue weighted by Gasteiger charge is 2.20. The van der Waals surface area contributed by atoms with Crippen LogP contribution in [0.25, 0.3) is 0 Å². The maximum atomic E-state index is 8.81. The van der Waals surface area contributed by atoms with Crippen LogP contribution in [0.2, 0.25) is 0 Å². The molecule has 0 atom stereocenters. The van der Waals surface area contributed by atoms with Gasteiger partial charge in [-0.2, -0.15) is 0 Å². The van der Waals surface area contributed by atoms with Gasteiger partial charge in [-0.15, -0.1) is 0 Å². The van der Waals surface area contributed by atoms with Crippen LogP contribution in [0.15, 0.2) is 12.2 Å². The van der Waals surface area contributed by atoms with E-state index >= 15 is 0 Å². The van der Waals surface area contributed by atoms with Gasteiger partial charge in [-0.1, -0.05) is 12.2 Å². The van der Waals surface area contributed by atoms with E-state index in [9.17, 15) is 0 Å². The van der Waals surface area contributed by atoms with E-state index in [0.29, 0.717) is 6.04 Å². The summed E-state index contributed by atoms with van der Waals surface area (Å²) in [6.07, 6.45) is 4.49. The van der Waals surface area contributed by atoms with Gasteiger partial charge in [-0.25, -0.2) is 0 Å². The molecule has 0 spiro atoms. The average Bonchev–Trinajstić information content (AvgIpc) is 2.18. The maximum absolute atomic E-state index is 8.81.